The molecular formula is C2H8NNaO3S. The Morgan fingerprint density at radius 1 is 1.88 bits per heavy atom. The first kappa shape index (κ1) is 11.8. The minimum Gasteiger partial charge on any atom is -1.00 e. The first-order valence-corrected chi connectivity index (χ1v) is 2.74. The van der Waals surface area contributed by atoms with Crippen molar-refractivity contribution in [2.45, 2.75) is 0 Å². The zero-order chi connectivity index (χ0) is 5.70. The van der Waals surface area contributed by atoms with Crippen LogP contribution in [0, 0.1) is 0 Å². The molecule has 0 aromatic heterocycles. The van der Waals surface area contributed by atoms with Gasteiger partial charge in [0.2, 0.25) is 0 Å². The molecule has 0 aliphatic heterocycles. The third kappa shape index (κ3) is 10.1. The predicted octanol–water partition coefficient (Wildman–Crippen LogP) is -3.79. The van der Waals surface area contributed by atoms with Crippen LogP contribution in [0.3, 0.4) is 0 Å². The average Bonchev–Trinajstić information content (AvgIpc) is 1.61. The molecule has 4 nitrogen and oxygen atoms in total. The molecule has 0 bridgehead atoms. The number of rotatable bonds is 3. The Bertz CT molecular complexity index is 74.8. The summed E-state index contributed by atoms with van der Waals surface area (Å²) in [5, 5.41) is 0. The molecule has 0 amide bonds. The van der Waals surface area contributed by atoms with Crippen molar-refractivity contribution in [2.75, 3.05) is 13.2 Å². The Morgan fingerprint density at radius 3 is 2.50 bits per heavy atom. The van der Waals surface area contributed by atoms with Gasteiger partial charge in [0.1, 0.15) is 0 Å². The quantitative estimate of drug-likeness (QED) is 0.319. The van der Waals surface area contributed by atoms with E-state index in [1.165, 1.54) is 0 Å². The second-order valence-corrected chi connectivity index (χ2v) is 1.50. The van der Waals surface area contributed by atoms with Gasteiger partial charge < -0.3 is 7.16 Å². The van der Waals surface area contributed by atoms with Crippen LogP contribution in [0.4, 0.5) is 0 Å². The van der Waals surface area contributed by atoms with Gasteiger partial charge in [0.15, 0.2) is 0 Å². The van der Waals surface area contributed by atoms with Crippen molar-refractivity contribution in [1.29, 1.82) is 0 Å². The summed E-state index contributed by atoms with van der Waals surface area (Å²) in [6.07, 6.45) is 0. The van der Waals surface area contributed by atoms with Gasteiger partial charge in [-0.3, -0.25) is 8.74 Å². The van der Waals surface area contributed by atoms with E-state index in [1.54, 1.807) is 0 Å². The van der Waals surface area contributed by atoms with Gasteiger partial charge in [0.05, 0.1) is 6.61 Å². The number of hydrogen-bond donors (Lipinski definition) is 2. The van der Waals surface area contributed by atoms with Crippen LogP contribution in [0.1, 0.15) is 1.43 Å². The summed E-state index contributed by atoms with van der Waals surface area (Å²) in [5.41, 5.74) is 4.91. The average molecular weight is 149 g/mol. The van der Waals surface area contributed by atoms with Crippen molar-refractivity contribution in [3.05, 3.63) is 0 Å². The van der Waals surface area contributed by atoms with E-state index < -0.39 is 11.4 Å². The van der Waals surface area contributed by atoms with Crippen LogP contribution >= 0.6 is 0 Å². The molecule has 0 heterocycles. The van der Waals surface area contributed by atoms with E-state index in [4.69, 9.17) is 10.3 Å². The van der Waals surface area contributed by atoms with Gasteiger partial charge in [0.25, 0.3) is 0 Å². The minimum absolute atomic E-state index is 0. The smallest absolute Gasteiger partial charge is 1.00 e. The largest absolute Gasteiger partial charge is 1.00 e. The molecule has 0 aliphatic carbocycles. The molecule has 0 saturated carbocycles. The van der Waals surface area contributed by atoms with E-state index >= 15 is 0 Å². The molecule has 6 heteroatoms. The standard InChI is InChI=1S/C2H7NO3S.Na.H/c3-1-2-6-7(4)5;;/h1-3H2,(H,4,5);;/q;+1;-1. The first-order valence-electron chi connectivity index (χ1n) is 1.71. The van der Waals surface area contributed by atoms with Crippen LogP contribution < -0.4 is 35.3 Å². The summed E-state index contributed by atoms with van der Waals surface area (Å²) in [5.74, 6) is 0. The summed E-state index contributed by atoms with van der Waals surface area (Å²) in [6.45, 7) is 0.398. The van der Waals surface area contributed by atoms with Crippen LogP contribution in [0.5, 0.6) is 0 Å². The monoisotopic (exact) mass is 149 g/mol. The van der Waals surface area contributed by atoms with Crippen LogP contribution in [0.2, 0.25) is 0 Å². The zero-order valence-corrected chi connectivity index (χ0v) is 7.48. The Kier molecular flexibility index (Phi) is 11.8. The summed E-state index contributed by atoms with van der Waals surface area (Å²) in [4.78, 5) is 0. The molecule has 0 spiro atoms. The van der Waals surface area contributed by atoms with E-state index in [-0.39, 0.29) is 44.1 Å². The molecule has 1 unspecified atom stereocenters. The third-order valence-electron chi connectivity index (χ3n) is 0.302. The molecule has 0 fully saturated rings. The van der Waals surface area contributed by atoms with Crippen molar-refractivity contribution in [3.63, 3.8) is 0 Å². The van der Waals surface area contributed by atoms with Gasteiger partial charge in [-0.05, 0) is 0 Å². The van der Waals surface area contributed by atoms with E-state index in [1.807, 2.05) is 0 Å². The zero-order valence-electron chi connectivity index (χ0n) is 5.66. The van der Waals surface area contributed by atoms with Crippen LogP contribution in [0.25, 0.3) is 0 Å². The SMILES string of the molecule is NCCOS(=O)O.[H-].[Na+]. The summed E-state index contributed by atoms with van der Waals surface area (Å²) in [7, 11) is 0. The van der Waals surface area contributed by atoms with E-state index in [0.717, 1.165) is 0 Å². The summed E-state index contributed by atoms with van der Waals surface area (Å²) in [6, 6.07) is 0. The minimum atomic E-state index is -2.15. The summed E-state index contributed by atoms with van der Waals surface area (Å²) >= 11 is -2.15. The Balaban J connectivity index is -0.000000180. The van der Waals surface area contributed by atoms with E-state index in [0.29, 0.717) is 0 Å². The van der Waals surface area contributed by atoms with Gasteiger partial charge in [-0.2, -0.15) is 4.21 Å². The molecular weight excluding hydrogens is 141 g/mol. The van der Waals surface area contributed by atoms with Gasteiger partial charge in [-0.25, -0.2) is 0 Å². The molecule has 0 saturated heterocycles. The van der Waals surface area contributed by atoms with Crippen LogP contribution in [-0.4, -0.2) is 21.9 Å². The fraction of sp³-hybridized carbons (Fsp3) is 1.00. The van der Waals surface area contributed by atoms with Gasteiger partial charge in [-0.1, -0.05) is 0 Å². The van der Waals surface area contributed by atoms with Crippen molar-refractivity contribution in [2.24, 2.45) is 5.73 Å². The molecule has 8 heavy (non-hydrogen) atoms. The molecule has 0 radical (unpaired) electrons. The normalized spacial score (nSPS) is 12.2. The predicted molar refractivity (Wildman–Crippen MR) is 26.9 cm³/mol. The van der Waals surface area contributed by atoms with Crippen molar-refractivity contribution >= 4 is 11.4 Å². The molecule has 0 aromatic carbocycles. The maximum absolute atomic E-state index is 9.59. The van der Waals surface area contributed by atoms with Crippen LogP contribution in [-0.2, 0) is 15.5 Å². The molecule has 46 valence electrons. The van der Waals surface area contributed by atoms with Crippen molar-refractivity contribution in [1.82, 2.24) is 0 Å². The second-order valence-electron chi connectivity index (χ2n) is 0.828. The van der Waals surface area contributed by atoms with Crippen molar-refractivity contribution < 1.29 is 43.9 Å². The fourth-order valence-corrected chi connectivity index (χ4v) is 0.358. The topological polar surface area (TPSA) is 72.5 Å². The number of hydrogen-bond acceptors (Lipinski definition) is 3. The molecule has 0 aromatic rings. The van der Waals surface area contributed by atoms with E-state index in [9.17, 15) is 4.21 Å². The van der Waals surface area contributed by atoms with Gasteiger partial charge in [-0.15, -0.1) is 0 Å². The summed E-state index contributed by atoms with van der Waals surface area (Å²) < 4.78 is 21.6. The Morgan fingerprint density at radius 2 is 2.38 bits per heavy atom. The maximum atomic E-state index is 9.59. The second kappa shape index (κ2) is 8.03. The van der Waals surface area contributed by atoms with Gasteiger partial charge in [0, 0.05) is 6.54 Å². The maximum Gasteiger partial charge on any atom is 1.00 e. The number of nitrogens with two attached hydrogens (primary N) is 1. The van der Waals surface area contributed by atoms with E-state index in [2.05, 4.69) is 4.18 Å². The van der Waals surface area contributed by atoms with Crippen molar-refractivity contribution in [3.8, 4) is 0 Å². The Labute approximate surface area is 74.0 Å². The molecule has 3 N–H and O–H groups in total. The first-order chi connectivity index (χ1) is 3.27. The van der Waals surface area contributed by atoms with Gasteiger partial charge >= 0.3 is 40.9 Å². The molecule has 0 rings (SSSR count). The molecule has 1 atom stereocenters. The fourth-order valence-electron chi connectivity index (χ4n) is 0.119. The Hall–Kier alpha value is 1.03. The molecule has 0 aliphatic rings. The third-order valence-corrected chi connectivity index (χ3v) is 0.670. The van der Waals surface area contributed by atoms with Crippen LogP contribution in [0.15, 0.2) is 0 Å².